The molecule has 0 saturated heterocycles. The second-order valence-corrected chi connectivity index (χ2v) is 8.18. The van der Waals surface area contributed by atoms with Crippen LogP contribution in [0.2, 0.25) is 0 Å². The van der Waals surface area contributed by atoms with Gasteiger partial charge in [-0.3, -0.25) is 4.79 Å². The quantitative estimate of drug-likeness (QED) is 0.625. The number of pyridine rings is 1. The lowest BCUT2D eigenvalue weighted by molar-refractivity contribution is -0.124. The van der Waals surface area contributed by atoms with E-state index in [1.54, 1.807) is 0 Å². The highest BCUT2D eigenvalue weighted by atomic mass is 16.5. The summed E-state index contributed by atoms with van der Waals surface area (Å²) in [6.45, 7) is -0.256. The maximum absolute atomic E-state index is 13.2. The Morgan fingerprint density at radius 3 is 2.61 bits per heavy atom. The van der Waals surface area contributed by atoms with E-state index < -0.39 is 5.97 Å². The summed E-state index contributed by atoms with van der Waals surface area (Å²) >= 11 is 0. The molecule has 1 amide bonds. The number of hydrogen-bond donors (Lipinski definition) is 1. The molecule has 5 heteroatoms. The van der Waals surface area contributed by atoms with E-state index >= 15 is 0 Å². The lowest BCUT2D eigenvalue weighted by Crippen LogP contribution is -2.30. The van der Waals surface area contributed by atoms with Crippen LogP contribution in [0, 0.1) is 0 Å². The second kappa shape index (κ2) is 8.34. The Hall–Kier alpha value is -3.47. The van der Waals surface area contributed by atoms with Crippen molar-refractivity contribution in [2.75, 3.05) is 6.61 Å². The molecular formula is C26H24N2O3. The molecule has 0 aliphatic heterocycles. The third-order valence-corrected chi connectivity index (χ3v) is 5.79. The van der Waals surface area contributed by atoms with Crippen LogP contribution in [-0.2, 0) is 16.0 Å². The van der Waals surface area contributed by atoms with Gasteiger partial charge in [0.2, 0.25) is 0 Å². The third kappa shape index (κ3) is 4.22. The number of rotatable bonds is 5. The number of aromatic nitrogens is 1. The SMILES string of the molecule is O=C(COC(=O)c1c2c(nc3ccccc13)/C(=C/c1ccccc1)CCC2)NC1CC1. The van der Waals surface area contributed by atoms with Crippen molar-refractivity contribution in [2.24, 2.45) is 0 Å². The van der Waals surface area contributed by atoms with Crippen molar-refractivity contribution in [3.63, 3.8) is 0 Å². The molecule has 5 nitrogen and oxygen atoms in total. The van der Waals surface area contributed by atoms with Gasteiger partial charge in [0.05, 0.1) is 16.8 Å². The van der Waals surface area contributed by atoms with Gasteiger partial charge in [0.25, 0.3) is 5.91 Å². The van der Waals surface area contributed by atoms with Gasteiger partial charge in [0.1, 0.15) is 0 Å². The molecule has 1 aromatic heterocycles. The highest BCUT2D eigenvalue weighted by molar-refractivity contribution is 6.07. The van der Waals surface area contributed by atoms with E-state index in [2.05, 4.69) is 23.5 Å². The predicted octanol–water partition coefficient (Wildman–Crippen LogP) is 4.55. The molecule has 0 unspecified atom stereocenters. The van der Waals surface area contributed by atoms with Crippen LogP contribution in [0.5, 0.6) is 0 Å². The van der Waals surface area contributed by atoms with Crippen molar-refractivity contribution < 1.29 is 14.3 Å². The molecule has 1 saturated carbocycles. The molecule has 0 spiro atoms. The zero-order valence-corrected chi connectivity index (χ0v) is 17.3. The van der Waals surface area contributed by atoms with Gasteiger partial charge in [0.15, 0.2) is 6.61 Å². The van der Waals surface area contributed by atoms with Gasteiger partial charge >= 0.3 is 5.97 Å². The fourth-order valence-electron chi connectivity index (χ4n) is 4.16. The van der Waals surface area contributed by atoms with E-state index in [-0.39, 0.29) is 18.6 Å². The summed E-state index contributed by atoms with van der Waals surface area (Å²) < 4.78 is 5.45. The first-order valence-corrected chi connectivity index (χ1v) is 10.8. The fourth-order valence-corrected chi connectivity index (χ4v) is 4.16. The number of para-hydroxylation sites is 1. The highest BCUT2D eigenvalue weighted by Crippen LogP contribution is 2.36. The second-order valence-electron chi connectivity index (χ2n) is 8.18. The van der Waals surface area contributed by atoms with E-state index in [0.29, 0.717) is 5.56 Å². The van der Waals surface area contributed by atoms with Crippen LogP contribution in [0.1, 0.15) is 52.9 Å². The first kappa shape index (κ1) is 19.5. The minimum absolute atomic E-state index is 0.242. The normalized spacial score (nSPS) is 16.7. The number of nitrogens with one attached hydrogen (secondary N) is 1. The maximum Gasteiger partial charge on any atom is 0.339 e. The number of nitrogens with zero attached hydrogens (tertiary/aromatic N) is 1. The molecule has 0 radical (unpaired) electrons. The number of fused-ring (bicyclic) bond motifs is 2. The molecule has 1 N–H and O–H groups in total. The summed E-state index contributed by atoms with van der Waals surface area (Å²) in [5.74, 6) is -0.700. The Bertz CT molecular complexity index is 1180. The minimum Gasteiger partial charge on any atom is -0.452 e. The number of hydrogen-bond acceptors (Lipinski definition) is 4. The molecule has 156 valence electrons. The van der Waals surface area contributed by atoms with Gasteiger partial charge in [-0.05, 0) is 60.9 Å². The number of benzene rings is 2. The number of allylic oxidation sites excluding steroid dienone is 1. The number of carbonyl (C=O) groups excluding carboxylic acids is 2. The fraction of sp³-hybridized carbons (Fsp3) is 0.269. The van der Waals surface area contributed by atoms with E-state index in [4.69, 9.17) is 9.72 Å². The lowest BCUT2D eigenvalue weighted by atomic mass is 9.86. The summed E-state index contributed by atoms with van der Waals surface area (Å²) in [6.07, 6.45) is 6.76. The minimum atomic E-state index is -0.457. The average molecular weight is 412 g/mol. The molecule has 3 aromatic rings. The van der Waals surface area contributed by atoms with E-state index in [0.717, 1.165) is 65.4 Å². The Labute approximate surface area is 181 Å². The molecule has 0 bridgehead atoms. The number of carbonyl (C=O) groups is 2. The molecule has 1 heterocycles. The zero-order chi connectivity index (χ0) is 21.2. The number of ether oxygens (including phenoxy) is 1. The average Bonchev–Trinajstić information content (AvgIpc) is 3.61. The summed E-state index contributed by atoms with van der Waals surface area (Å²) in [6, 6.07) is 18.0. The summed E-state index contributed by atoms with van der Waals surface area (Å²) in [4.78, 5) is 30.1. The van der Waals surface area contributed by atoms with Crippen LogP contribution in [-0.4, -0.2) is 29.5 Å². The third-order valence-electron chi connectivity index (χ3n) is 5.79. The zero-order valence-electron chi connectivity index (χ0n) is 17.3. The first-order valence-electron chi connectivity index (χ1n) is 10.8. The molecular weight excluding hydrogens is 388 g/mol. The standard InChI is InChI=1S/C26H24N2O3/c29-23(27-19-13-14-19)16-31-26(30)24-20-10-4-5-12-22(20)28-25-18(9-6-11-21(24)25)15-17-7-2-1-3-8-17/h1-5,7-8,10,12,15,19H,6,9,11,13-14,16H2,(H,27,29)/b18-15+. The molecule has 2 aromatic carbocycles. The van der Waals surface area contributed by atoms with E-state index in [1.165, 1.54) is 0 Å². The Morgan fingerprint density at radius 2 is 1.81 bits per heavy atom. The highest BCUT2D eigenvalue weighted by Gasteiger charge is 2.27. The van der Waals surface area contributed by atoms with Gasteiger partial charge in [-0.25, -0.2) is 9.78 Å². The van der Waals surface area contributed by atoms with Gasteiger partial charge in [-0.15, -0.1) is 0 Å². The first-order chi connectivity index (χ1) is 15.2. The molecule has 2 aliphatic carbocycles. The summed E-state index contributed by atoms with van der Waals surface area (Å²) in [7, 11) is 0. The van der Waals surface area contributed by atoms with Gasteiger partial charge in [-0.1, -0.05) is 48.5 Å². The molecule has 2 aliphatic rings. The van der Waals surface area contributed by atoms with Gasteiger partial charge in [0, 0.05) is 11.4 Å². The van der Waals surface area contributed by atoms with E-state index in [9.17, 15) is 9.59 Å². The smallest absolute Gasteiger partial charge is 0.339 e. The summed E-state index contributed by atoms with van der Waals surface area (Å²) in [5.41, 5.74) is 5.32. The van der Waals surface area contributed by atoms with Crippen LogP contribution in [0.4, 0.5) is 0 Å². The molecule has 1 fully saturated rings. The Morgan fingerprint density at radius 1 is 1.03 bits per heavy atom. The van der Waals surface area contributed by atoms with Crippen molar-refractivity contribution in [3.8, 4) is 0 Å². The molecule has 5 rings (SSSR count). The Balaban J connectivity index is 1.53. The van der Waals surface area contributed by atoms with Crippen LogP contribution in [0.15, 0.2) is 54.6 Å². The van der Waals surface area contributed by atoms with Crippen molar-refractivity contribution in [3.05, 3.63) is 77.0 Å². The number of amides is 1. The van der Waals surface area contributed by atoms with Crippen molar-refractivity contribution in [1.82, 2.24) is 10.3 Å². The predicted molar refractivity (Wildman–Crippen MR) is 120 cm³/mol. The van der Waals surface area contributed by atoms with Crippen molar-refractivity contribution in [2.45, 2.75) is 38.1 Å². The largest absolute Gasteiger partial charge is 0.452 e. The topological polar surface area (TPSA) is 68.3 Å². The van der Waals surface area contributed by atoms with Crippen molar-refractivity contribution >= 4 is 34.4 Å². The van der Waals surface area contributed by atoms with Crippen LogP contribution in [0.3, 0.4) is 0 Å². The summed E-state index contributed by atoms with van der Waals surface area (Å²) in [5, 5.41) is 3.63. The van der Waals surface area contributed by atoms with Crippen LogP contribution >= 0.6 is 0 Å². The van der Waals surface area contributed by atoms with Gasteiger partial charge in [-0.2, -0.15) is 0 Å². The van der Waals surface area contributed by atoms with Crippen LogP contribution < -0.4 is 5.32 Å². The molecule has 31 heavy (non-hydrogen) atoms. The van der Waals surface area contributed by atoms with Gasteiger partial charge < -0.3 is 10.1 Å². The van der Waals surface area contributed by atoms with E-state index in [1.807, 2.05) is 42.5 Å². The molecule has 0 atom stereocenters. The van der Waals surface area contributed by atoms with Crippen molar-refractivity contribution in [1.29, 1.82) is 0 Å². The maximum atomic E-state index is 13.2. The van der Waals surface area contributed by atoms with Crippen LogP contribution in [0.25, 0.3) is 22.6 Å². The number of esters is 1. The lowest BCUT2D eigenvalue weighted by Gasteiger charge is -2.22. The monoisotopic (exact) mass is 412 g/mol. The Kier molecular flexibility index (Phi) is 5.24.